The number of nitrogens with zero attached hydrogens (tertiary/aromatic N) is 1. The van der Waals surface area contributed by atoms with Gasteiger partial charge in [0.25, 0.3) is 15.9 Å². The number of rotatable bonds is 6. The molecule has 0 bridgehead atoms. The van der Waals surface area contributed by atoms with E-state index in [4.69, 9.17) is 0 Å². The van der Waals surface area contributed by atoms with Crippen molar-refractivity contribution in [3.8, 4) is 0 Å². The fourth-order valence-electron chi connectivity index (χ4n) is 2.72. The number of benzene rings is 3. The third-order valence-electron chi connectivity index (χ3n) is 4.46. The van der Waals surface area contributed by atoms with Crippen molar-refractivity contribution >= 4 is 33.0 Å². The summed E-state index contributed by atoms with van der Waals surface area (Å²) in [5.74, 6) is -0.307. The topological polar surface area (TPSA) is 78.5 Å². The monoisotopic (exact) mass is 409 g/mol. The maximum Gasteiger partial charge on any atom is 0.261 e. The van der Waals surface area contributed by atoms with Crippen LogP contribution in [-0.4, -0.2) is 28.4 Å². The van der Waals surface area contributed by atoms with Gasteiger partial charge in [0, 0.05) is 31.0 Å². The molecular weight excluding hydrogens is 386 g/mol. The number of hydrogen-bond acceptors (Lipinski definition) is 4. The molecule has 3 aromatic rings. The van der Waals surface area contributed by atoms with Crippen LogP contribution in [0.5, 0.6) is 0 Å². The Morgan fingerprint density at radius 3 is 2.07 bits per heavy atom. The highest BCUT2D eigenvalue weighted by Gasteiger charge is 2.16. The van der Waals surface area contributed by atoms with Gasteiger partial charge in [-0.15, -0.1) is 0 Å². The molecular formula is C22H23N3O3S. The summed E-state index contributed by atoms with van der Waals surface area (Å²) >= 11 is 0. The fourth-order valence-corrected chi connectivity index (χ4v) is 3.85. The predicted octanol–water partition coefficient (Wildman–Crippen LogP) is 4.11. The first-order chi connectivity index (χ1) is 13.8. The van der Waals surface area contributed by atoms with Gasteiger partial charge in [-0.25, -0.2) is 8.42 Å². The van der Waals surface area contributed by atoms with Crippen molar-refractivity contribution in [2.24, 2.45) is 0 Å². The maximum absolute atomic E-state index is 12.6. The van der Waals surface area contributed by atoms with E-state index in [-0.39, 0.29) is 10.8 Å². The Morgan fingerprint density at radius 1 is 0.862 bits per heavy atom. The Morgan fingerprint density at radius 2 is 1.48 bits per heavy atom. The van der Waals surface area contributed by atoms with Gasteiger partial charge in [0.15, 0.2) is 0 Å². The first kappa shape index (κ1) is 20.4. The molecule has 3 rings (SSSR count). The van der Waals surface area contributed by atoms with E-state index in [1.807, 2.05) is 62.3 Å². The van der Waals surface area contributed by atoms with Crippen molar-refractivity contribution in [2.45, 2.75) is 11.8 Å². The summed E-state index contributed by atoms with van der Waals surface area (Å²) < 4.78 is 27.8. The first-order valence-electron chi connectivity index (χ1n) is 9.03. The van der Waals surface area contributed by atoms with Crippen LogP contribution in [-0.2, 0) is 10.0 Å². The molecule has 0 aromatic heterocycles. The van der Waals surface area contributed by atoms with E-state index in [0.717, 1.165) is 11.3 Å². The molecule has 0 aliphatic rings. The predicted molar refractivity (Wildman–Crippen MR) is 117 cm³/mol. The third kappa shape index (κ3) is 4.94. The highest BCUT2D eigenvalue weighted by molar-refractivity contribution is 7.92. The van der Waals surface area contributed by atoms with Crippen LogP contribution in [0.2, 0.25) is 0 Å². The van der Waals surface area contributed by atoms with Crippen LogP contribution < -0.4 is 14.9 Å². The molecule has 3 aromatic carbocycles. The van der Waals surface area contributed by atoms with Gasteiger partial charge in [0.1, 0.15) is 0 Å². The zero-order chi connectivity index (χ0) is 21.0. The Labute approximate surface area is 171 Å². The van der Waals surface area contributed by atoms with Gasteiger partial charge in [0.05, 0.1) is 10.6 Å². The summed E-state index contributed by atoms with van der Waals surface area (Å²) in [4.78, 5) is 14.5. The fraction of sp³-hybridized carbons (Fsp3) is 0.136. The number of amides is 1. The lowest BCUT2D eigenvalue weighted by molar-refractivity contribution is 0.102. The summed E-state index contributed by atoms with van der Waals surface area (Å²) in [7, 11) is 0.147. The Hall–Kier alpha value is -3.32. The molecule has 0 saturated carbocycles. The van der Waals surface area contributed by atoms with Gasteiger partial charge in [-0.05, 0) is 67.1 Å². The molecule has 0 atom stereocenters. The van der Waals surface area contributed by atoms with Crippen molar-refractivity contribution in [3.05, 3.63) is 83.9 Å². The van der Waals surface area contributed by atoms with Gasteiger partial charge < -0.3 is 10.2 Å². The molecule has 0 saturated heterocycles. The molecule has 150 valence electrons. The second-order valence-electron chi connectivity index (χ2n) is 6.84. The molecule has 2 N–H and O–H groups in total. The average molecular weight is 410 g/mol. The lowest BCUT2D eigenvalue weighted by Gasteiger charge is -2.13. The summed E-state index contributed by atoms with van der Waals surface area (Å²) in [6.07, 6.45) is 0. The molecule has 0 fully saturated rings. The van der Waals surface area contributed by atoms with E-state index in [1.54, 1.807) is 12.1 Å². The van der Waals surface area contributed by atoms with E-state index < -0.39 is 10.0 Å². The zero-order valence-corrected chi connectivity index (χ0v) is 17.3. The maximum atomic E-state index is 12.6. The molecule has 0 radical (unpaired) electrons. The third-order valence-corrected chi connectivity index (χ3v) is 5.84. The minimum absolute atomic E-state index is 0.0904. The second-order valence-corrected chi connectivity index (χ2v) is 8.52. The lowest BCUT2D eigenvalue weighted by atomic mass is 10.2. The standard InChI is InChI=1S/C22H23N3O3S/c1-16-6-4-5-7-21(16)24-29(27,28)20-14-8-17(9-15-20)22(26)23-18-10-12-19(13-11-18)25(2)3/h4-15,24H,1-3H3,(H,23,26). The minimum Gasteiger partial charge on any atom is -0.378 e. The number of anilines is 3. The summed E-state index contributed by atoms with van der Waals surface area (Å²) in [6, 6.07) is 20.4. The summed E-state index contributed by atoms with van der Waals surface area (Å²) in [5.41, 5.74) is 3.41. The van der Waals surface area contributed by atoms with Crippen molar-refractivity contribution in [1.29, 1.82) is 0 Å². The van der Waals surface area contributed by atoms with Crippen LogP contribution in [0.15, 0.2) is 77.7 Å². The Balaban J connectivity index is 1.72. The molecule has 7 heteroatoms. The lowest BCUT2D eigenvalue weighted by Crippen LogP contribution is -2.15. The zero-order valence-electron chi connectivity index (χ0n) is 16.5. The van der Waals surface area contributed by atoms with Crippen molar-refractivity contribution in [1.82, 2.24) is 0 Å². The molecule has 0 spiro atoms. The van der Waals surface area contributed by atoms with Crippen molar-refractivity contribution in [3.63, 3.8) is 0 Å². The number of hydrogen-bond donors (Lipinski definition) is 2. The molecule has 6 nitrogen and oxygen atoms in total. The van der Waals surface area contributed by atoms with Gasteiger partial charge in [-0.1, -0.05) is 18.2 Å². The van der Waals surface area contributed by atoms with Crippen LogP contribution >= 0.6 is 0 Å². The van der Waals surface area contributed by atoms with E-state index in [1.165, 1.54) is 24.3 Å². The molecule has 0 unspecified atom stereocenters. The number of aryl methyl sites for hydroxylation is 1. The number of carbonyl (C=O) groups is 1. The van der Waals surface area contributed by atoms with Crippen LogP contribution in [0.4, 0.5) is 17.1 Å². The number of carbonyl (C=O) groups excluding carboxylic acids is 1. The van der Waals surface area contributed by atoms with Crippen LogP contribution in [0, 0.1) is 6.92 Å². The van der Waals surface area contributed by atoms with Crippen molar-refractivity contribution in [2.75, 3.05) is 29.0 Å². The highest BCUT2D eigenvalue weighted by atomic mass is 32.2. The first-order valence-corrected chi connectivity index (χ1v) is 10.5. The van der Waals surface area contributed by atoms with Crippen molar-refractivity contribution < 1.29 is 13.2 Å². The van der Waals surface area contributed by atoms with Gasteiger partial charge in [-0.3, -0.25) is 9.52 Å². The Bertz CT molecular complexity index is 1110. The molecule has 0 aliphatic carbocycles. The smallest absolute Gasteiger partial charge is 0.261 e. The quantitative estimate of drug-likeness (QED) is 0.642. The average Bonchev–Trinajstić information content (AvgIpc) is 2.70. The van der Waals surface area contributed by atoms with Gasteiger partial charge in [0.2, 0.25) is 0 Å². The summed E-state index contributed by atoms with van der Waals surface area (Å²) in [5, 5.41) is 2.81. The number of para-hydroxylation sites is 1. The largest absolute Gasteiger partial charge is 0.378 e. The SMILES string of the molecule is Cc1ccccc1NS(=O)(=O)c1ccc(C(=O)Nc2ccc(N(C)C)cc2)cc1. The van der Waals surface area contributed by atoms with Gasteiger partial charge in [-0.2, -0.15) is 0 Å². The van der Waals surface area contributed by atoms with E-state index >= 15 is 0 Å². The highest BCUT2D eigenvalue weighted by Crippen LogP contribution is 2.20. The molecule has 29 heavy (non-hydrogen) atoms. The van der Waals surface area contributed by atoms with Crippen LogP contribution in [0.3, 0.4) is 0 Å². The molecule has 1 amide bonds. The van der Waals surface area contributed by atoms with Crippen LogP contribution in [0.1, 0.15) is 15.9 Å². The van der Waals surface area contributed by atoms with E-state index in [9.17, 15) is 13.2 Å². The van der Waals surface area contributed by atoms with Crippen LogP contribution in [0.25, 0.3) is 0 Å². The van der Waals surface area contributed by atoms with E-state index in [2.05, 4.69) is 10.0 Å². The second kappa shape index (κ2) is 8.36. The molecule has 0 heterocycles. The van der Waals surface area contributed by atoms with Gasteiger partial charge >= 0.3 is 0 Å². The minimum atomic E-state index is -3.74. The number of nitrogens with one attached hydrogen (secondary N) is 2. The normalized spacial score (nSPS) is 11.0. The Kier molecular flexibility index (Phi) is 5.89. The van der Waals surface area contributed by atoms with E-state index in [0.29, 0.717) is 16.9 Å². The summed E-state index contributed by atoms with van der Waals surface area (Å²) in [6.45, 7) is 1.83. The number of sulfonamides is 1. The molecule has 0 aliphatic heterocycles.